The summed E-state index contributed by atoms with van der Waals surface area (Å²) in [6, 6.07) is 8.73. The highest BCUT2D eigenvalue weighted by molar-refractivity contribution is 7.18. The Balaban J connectivity index is 1.91. The molecule has 0 radical (unpaired) electrons. The van der Waals surface area contributed by atoms with E-state index < -0.39 is 5.97 Å². The Kier molecular flexibility index (Phi) is 4.59. The van der Waals surface area contributed by atoms with Crippen LogP contribution < -0.4 is 10.1 Å². The molecule has 0 bridgehead atoms. The summed E-state index contributed by atoms with van der Waals surface area (Å²) in [4.78, 5) is 22.7. The Labute approximate surface area is 126 Å². The molecule has 0 unspecified atom stereocenters. The Hall–Kier alpha value is -2.34. The van der Waals surface area contributed by atoms with Crippen LogP contribution in [0.1, 0.15) is 20.8 Å². The van der Waals surface area contributed by atoms with Crippen molar-refractivity contribution in [2.24, 2.45) is 0 Å². The van der Waals surface area contributed by atoms with Crippen molar-refractivity contribution in [3.05, 3.63) is 46.3 Å². The number of anilines is 1. The summed E-state index contributed by atoms with van der Waals surface area (Å²) in [6.07, 6.45) is 0. The molecule has 0 atom stereocenters. The number of aryl methyl sites for hydroxylation is 2. The molecule has 0 aliphatic heterocycles. The molecule has 110 valence electrons. The second-order valence-electron chi connectivity index (χ2n) is 4.57. The zero-order valence-corrected chi connectivity index (χ0v) is 12.5. The molecule has 2 rings (SSSR count). The molecule has 0 saturated carbocycles. The molecule has 0 spiro atoms. The van der Waals surface area contributed by atoms with E-state index in [4.69, 9.17) is 9.84 Å². The molecule has 21 heavy (non-hydrogen) atoms. The predicted octanol–water partition coefficient (Wildman–Crippen LogP) is 3.08. The first kappa shape index (κ1) is 15.1. The number of carbonyl (C=O) groups is 2. The van der Waals surface area contributed by atoms with Gasteiger partial charge < -0.3 is 15.2 Å². The average Bonchev–Trinajstić information content (AvgIpc) is 2.86. The maximum Gasteiger partial charge on any atom is 0.345 e. The van der Waals surface area contributed by atoms with Gasteiger partial charge in [0.1, 0.15) is 10.6 Å². The number of ether oxygens (including phenoxy) is 1. The largest absolute Gasteiger partial charge is 0.483 e. The molecule has 5 nitrogen and oxygen atoms in total. The molecule has 0 saturated heterocycles. The van der Waals surface area contributed by atoms with Crippen LogP contribution in [-0.4, -0.2) is 23.6 Å². The lowest BCUT2D eigenvalue weighted by atomic mass is 10.1. The van der Waals surface area contributed by atoms with Crippen molar-refractivity contribution >= 4 is 28.2 Å². The van der Waals surface area contributed by atoms with Crippen molar-refractivity contribution in [2.75, 3.05) is 11.9 Å². The number of benzene rings is 1. The van der Waals surface area contributed by atoms with E-state index in [2.05, 4.69) is 5.32 Å². The van der Waals surface area contributed by atoms with Crippen molar-refractivity contribution < 1.29 is 19.4 Å². The van der Waals surface area contributed by atoms with Gasteiger partial charge in [0.05, 0.1) is 5.00 Å². The van der Waals surface area contributed by atoms with E-state index in [-0.39, 0.29) is 17.4 Å². The summed E-state index contributed by atoms with van der Waals surface area (Å²) >= 11 is 1.01. The van der Waals surface area contributed by atoms with Crippen LogP contribution in [0.15, 0.2) is 30.3 Å². The Morgan fingerprint density at radius 1 is 1.24 bits per heavy atom. The predicted molar refractivity (Wildman–Crippen MR) is 81.3 cm³/mol. The minimum absolute atomic E-state index is 0.121. The van der Waals surface area contributed by atoms with Gasteiger partial charge in [0.25, 0.3) is 5.91 Å². The van der Waals surface area contributed by atoms with Gasteiger partial charge in [-0.2, -0.15) is 0 Å². The summed E-state index contributed by atoms with van der Waals surface area (Å²) in [5.74, 6) is -0.672. The number of thiophene rings is 1. The Morgan fingerprint density at radius 2 is 2.00 bits per heavy atom. The monoisotopic (exact) mass is 305 g/mol. The molecule has 2 N–H and O–H groups in total. The third kappa shape index (κ3) is 4.06. The van der Waals surface area contributed by atoms with Gasteiger partial charge in [-0.25, -0.2) is 4.79 Å². The number of carboxylic acids is 1. The highest BCUT2D eigenvalue weighted by atomic mass is 32.1. The first-order valence-electron chi connectivity index (χ1n) is 6.29. The summed E-state index contributed by atoms with van der Waals surface area (Å²) in [5, 5.41) is 11.9. The van der Waals surface area contributed by atoms with Crippen molar-refractivity contribution in [1.29, 1.82) is 0 Å². The molecule has 0 aliphatic carbocycles. The summed E-state index contributed by atoms with van der Waals surface area (Å²) < 4.78 is 5.46. The van der Waals surface area contributed by atoms with Gasteiger partial charge in [0.15, 0.2) is 6.61 Å². The molecule has 1 aromatic carbocycles. The van der Waals surface area contributed by atoms with E-state index in [0.717, 1.165) is 22.5 Å². The molecular formula is C15H15NO4S. The molecule has 0 fully saturated rings. The van der Waals surface area contributed by atoms with Gasteiger partial charge in [-0.1, -0.05) is 17.7 Å². The smallest absolute Gasteiger partial charge is 0.345 e. The van der Waals surface area contributed by atoms with Gasteiger partial charge in [0, 0.05) is 0 Å². The molecule has 1 aromatic heterocycles. The second kappa shape index (κ2) is 6.41. The van der Waals surface area contributed by atoms with Crippen molar-refractivity contribution in [1.82, 2.24) is 0 Å². The van der Waals surface area contributed by atoms with E-state index in [0.29, 0.717) is 10.8 Å². The molecule has 6 heteroatoms. The number of aromatic carboxylic acids is 1. The van der Waals surface area contributed by atoms with E-state index in [1.807, 2.05) is 32.0 Å². The van der Waals surface area contributed by atoms with Crippen LogP contribution in [0, 0.1) is 13.8 Å². The zero-order valence-electron chi connectivity index (χ0n) is 11.7. The van der Waals surface area contributed by atoms with Crippen LogP contribution in [0.3, 0.4) is 0 Å². The maximum atomic E-state index is 11.8. The molecule has 1 amide bonds. The van der Waals surface area contributed by atoms with E-state index in [1.165, 1.54) is 6.07 Å². The van der Waals surface area contributed by atoms with Gasteiger partial charge in [-0.15, -0.1) is 11.3 Å². The third-order valence-corrected chi connectivity index (χ3v) is 3.76. The third-order valence-electron chi connectivity index (χ3n) is 2.77. The van der Waals surface area contributed by atoms with Crippen LogP contribution >= 0.6 is 11.3 Å². The maximum absolute atomic E-state index is 11.8. The van der Waals surface area contributed by atoms with Gasteiger partial charge >= 0.3 is 5.97 Å². The van der Waals surface area contributed by atoms with Crippen molar-refractivity contribution in [2.45, 2.75) is 13.8 Å². The van der Waals surface area contributed by atoms with E-state index >= 15 is 0 Å². The molecule has 2 aromatic rings. The number of hydrogen-bond acceptors (Lipinski definition) is 4. The summed E-state index contributed by atoms with van der Waals surface area (Å²) in [5.41, 5.74) is 2.09. The first-order chi connectivity index (χ1) is 9.95. The van der Waals surface area contributed by atoms with Crippen molar-refractivity contribution in [3.63, 3.8) is 0 Å². The first-order valence-corrected chi connectivity index (χ1v) is 7.10. The Morgan fingerprint density at radius 3 is 2.62 bits per heavy atom. The van der Waals surface area contributed by atoms with Crippen LogP contribution in [0.4, 0.5) is 5.00 Å². The lowest BCUT2D eigenvalue weighted by Gasteiger charge is -2.09. The lowest BCUT2D eigenvalue weighted by molar-refractivity contribution is -0.118. The van der Waals surface area contributed by atoms with Crippen LogP contribution in [-0.2, 0) is 4.79 Å². The van der Waals surface area contributed by atoms with E-state index in [1.54, 1.807) is 6.07 Å². The second-order valence-corrected chi connectivity index (χ2v) is 5.66. The fourth-order valence-electron chi connectivity index (χ4n) is 1.80. The van der Waals surface area contributed by atoms with Gasteiger partial charge in [-0.3, -0.25) is 4.79 Å². The van der Waals surface area contributed by atoms with Crippen LogP contribution in [0.25, 0.3) is 0 Å². The normalized spacial score (nSPS) is 10.2. The van der Waals surface area contributed by atoms with Gasteiger partial charge in [0.2, 0.25) is 0 Å². The standard InChI is InChI=1S/C15H15NO4S/c1-9-3-4-11(10(2)7-9)20-8-13(17)16-14-6-5-12(21-14)15(18)19/h3-7H,8H2,1-2H3,(H,16,17)(H,18,19). The SMILES string of the molecule is Cc1ccc(OCC(=O)Nc2ccc(C(=O)O)s2)c(C)c1. The number of carbonyl (C=O) groups excluding carboxylic acids is 1. The Bertz CT molecular complexity index is 678. The minimum Gasteiger partial charge on any atom is -0.483 e. The number of carboxylic acid groups (broad SMARTS) is 1. The zero-order chi connectivity index (χ0) is 15.4. The molecule has 1 heterocycles. The van der Waals surface area contributed by atoms with Crippen molar-refractivity contribution in [3.8, 4) is 5.75 Å². The quantitative estimate of drug-likeness (QED) is 0.890. The van der Waals surface area contributed by atoms with Gasteiger partial charge in [-0.05, 0) is 37.6 Å². The van der Waals surface area contributed by atoms with Crippen LogP contribution in [0.2, 0.25) is 0 Å². The highest BCUT2D eigenvalue weighted by Gasteiger charge is 2.10. The minimum atomic E-state index is -1.01. The lowest BCUT2D eigenvalue weighted by Crippen LogP contribution is -2.19. The number of nitrogens with one attached hydrogen (secondary N) is 1. The van der Waals surface area contributed by atoms with Crippen LogP contribution in [0.5, 0.6) is 5.75 Å². The number of amides is 1. The number of hydrogen-bond donors (Lipinski definition) is 2. The molecular weight excluding hydrogens is 290 g/mol. The fourth-order valence-corrected chi connectivity index (χ4v) is 2.56. The highest BCUT2D eigenvalue weighted by Crippen LogP contribution is 2.22. The fraction of sp³-hybridized carbons (Fsp3) is 0.200. The van der Waals surface area contributed by atoms with E-state index in [9.17, 15) is 9.59 Å². The average molecular weight is 305 g/mol. The number of rotatable bonds is 5. The topological polar surface area (TPSA) is 75.6 Å². The summed E-state index contributed by atoms with van der Waals surface area (Å²) in [7, 11) is 0. The molecule has 0 aliphatic rings. The summed E-state index contributed by atoms with van der Waals surface area (Å²) in [6.45, 7) is 3.78.